The summed E-state index contributed by atoms with van der Waals surface area (Å²) in [4.78, 5) is 5.41. The summed E-state index contributed by atoms with van der Waals surface area (Å²) in [5, 5.41) is 1.72. The lowest BCUT2D eigenvalue weighted by Gasteiger charge is -2.02. The molecule has 0 N–H and O–H groups in total. The van der Waals surface area contributed by atoms with Crippen molar-refractivity contribution in [3.8, 4) is 0 Å². The Balaban J connectivity index is 2.81. The Bertz CT molecular complexity index is 442. The van der Waals surface area contributed by atoms with Crippen LogP contribution in [0.4, 0.5) is 0 Å². The van der Waals surface area contributed by atoms with Crippen LogP contribution in [0.5, 0.6) is 0 Å². The first-order chi connectivity index (χ1) is 6.31. The number of para-hydroxylation sites is 1. The van der Waals surface area contributed by atoms with Crippen LogP contribution >= 0.6 is 23.4 Å². The number of thioether (sulfide) groups is 1. The number of fused-ring (bicyclic) bond motifs is 1. The number of nitrogens with zero attached hydrogens (tertiary/aromatic N) is 1. The van der Waals surface area contributed by atoms with E-state index < -0.39 is 0 Å². The topological polar surface area (TPSA) is 12.9 Å². The van der Waals surface area contributed by atoms with E-state index >= 15 is 0 Å². The number of hydrogen-bond acceptors (Lipinski definition) is 2. The first-order valence-electron chi connectivity index (χ1n) is 3.90. The summed E-state index contributed by atoms with van der Waals surface area (Å²) in [6.07, 6.45) is 2.04. The maximum atomic E-state index is 5.88. The Kier molecular flexibility index (Phi) is 2.42. The SMILES string of the molecule is CSc1cc(Cl)nc2ccccc12. The molecule has 2 aromatic rings. The fourth-order valence-corrected chi connectivity index (χ4v) is 2.17. The molecule has 13 heavy (non-hydrogen) atoms. The number of aromatic nitrogens is 1. The van der Waals surface area contributed by atoms with Gasteiger partial charge in [0.2, 0.25) is 0 Å². The molecular weight excluding hydrogens is 202 g/mol. The summed E-state index contributed by atoms with van der Waals surface area (Å²) in [6.45, 7) is 0. The maximum absolute atomic E-state index is 5.88. The van der Waals surface area contributed by atoms with Crippen LogP contribution in [0.15, 0.2) is 35.2 Å². The summed E-state index contributed by atoms with van der Waals surface area (Å²) in [5.74, 6) is 0. The summed E-state index contributed by atoms with van der Waals surface area (Å²) >= 11 is 7.57. The molecule has 0 fully saturated rings. The monoisotopic (exact) mass is 209 g/mol. The van der Waals surface area contributed by atoms with Crippen molar-refractivity contribution in [1.29, 1.82) is 0 Å². The summed E-state index contributed by atoms with van der Waals surface area (Å²) in [6, 6.07) is 9.91. The highest BCUT2D eigenvalue weighted by molar-refractivity contribution is 7.98. The number of halogens is 1. The van der Waals surface area contributed by atoms with Gasteiger partial charge in [0.05, 0.1) is 5.52 Å². The standard InChI is InChI=1S/C10H8ClNS/c1-13-9-6-10(11)12-8-5-3-2-4-7(8)9/h2-6H,1H3. The highest BCUT2D eigenvalue weighted by Gasteiger charge is 2.01. The predicted octanol–water partition coefficient (Wildman–Crippen LogP) is 3.61. The molecule has 0 unspecified atom stereocenters. The van der Waals surface area contributed by atoms with E-state index in [4.69, 9.17) is 11.6 Å². The highest BCUT2D eigenvalue weighted by Crippen LogP contribution is 2.27. The zero-order valence-electron chi connectivity index (χ0n) is 7.12. The van der Waals surface area contributed by atoms with Crippen LogP contribution in [0, 0.1) is 0 Å². The Hall–Kier alpha value is -0.730. The van der Waals surface area contributed by atoms with Gasteiger partial charge in [0.15, 0.2) is 0 Å². The van der Waals surface area contributed by atoms with Crippen LogP contribution in [-0.4, -0.2) is 11.2 Å². The Morgan fingerprint density at radius 1 is 1.31 bits per heavy atom. The Morgan fingerprint density at radius 3 is 2.85 bits per heavy atom. The molecule has 3 heteroatoms. The van der Waals surface area contributed by atoms with E-state index in [9.17, 15) is 0 Å². The van der Waals surface area contributed by atoms with Gasteiger partial charge in [-0.25, -0.2) is 4.98 Å². The Morgan fingerprint density at radius 2 is 2.08 bits per heavy atom. The molecule has 2 rings (SSSR count). The maximum Gasteiger partial charge on any atom is 0.130 e. The molecule has 0 aliphatic rings. The van der Waals surface area contributed by atoms with E-state index in [0.717, 1.165) is 5.52 Å². The number of benzene rings is 1. The minimum atomic E-state index is 0.558. The molecular formula is C10H8ClNS. The predicted molar refractivity (Wildman–Crippen MR) is 58.5 cm³/mol. The first-order valence-corrected chi connectivity index (χ1v) is 5.51. The van der Waals surface area contributed by atoms with Gasteiger partial charge in [-0.05, 0) is 18.4 Å². The Labute approximate surface area is 86.1 Å². The average molecular weight is 210 g/mol. The summed E-state index contributed by atoms with van der Waals surface area (Å²) < 4.78 is 0. The highest BCUT2D eigenvalue weighted by atomic mass is 35.5. The van der Waals surface area contributed by atoms with Gasteiger partial charge >= 0.3 is 0 Å². The van der Waals surface area contributed by atoms with Crippen molar-refractivity contribution < 1.29 is 0 Å². The van der Waals surface area contributed by atoms with Crippen molar-refractivity contribution in [3.63, 3.8) is 0 Å². The fourth-order valence-electron chi connectivity index (χ4n) is 1.28. The van der Waals surface area contributed by atoms with Gasteiger partial charge in [-0.15, -0.1) is 11.8 Å². The second-order valence-corrected chi connectivity index (χ2v) is 3.90. The van der Waals surface area contributed by atoms with Gasteiger partial charge in [-0.1, -0.05) is 29.8 Å². The zero-order chi connectivity index (χ0) is 9.26. The molecule has 0 radical (unpaired) electrons. The second-order valence-electron chi connectivity index (χ2n) is 2.66. The molecule has 1 nitrogen and oxygen atoms in total. The zero-order valence-corrected chi connectivity index (χ0v) is 8.69. The molecule has 0 amide bonds. The summed E-state index contributed by atoms with van der Waals surface area (Å²) in [5.41, 5.74) is 0.958. The van der Waals surface area contributed by atoms with Crippen molar-refractivity contribution in [2.75, 3.05) is 6.26 Å². The number of rotatable bonds is 1. The molecule has 0 saturated carbocycles. The van der Waals surface area contributed by atoms with E-state index in [1.54, 1.807) is 11.8 Å². The molecule has 0 aliphatic heterocycles. The molecule has 0 spiro atoms. The van der Waals surface area contributed by atoms with Crippen LogP contribution in [0.2, 0.25) is 5.15 Å². The number of hydrogen-bond donors (Lipinski definition) is 0. The van der Waals surface area contributed by atoms with Gasteiger partial charge in [0.1, 0.15) is 5.15 Å². The molecule has 0 bridgehead atoms. The smallest absolute Gasteiger partial charge is 0.130 e. The van der Waals surface area contributed by atoms with Gasteiger partial charge in [-0.3, -0.25) is 0 Å². The lowest BCUT2D eigenvalue weighted by atomic mass is 10.2. The van der Waals surface area contributed by atoms with Crippen LogP contribution in [0.1, 0.15) is 0 Å². The van der Waals surface area contributed by atoms with Crippen LogP contribution in [-0.2, 0) is 0 Å². The minimum Gasteiger partial charge on any atom is -0.236 e. The number of pyridine rings is 1. The largest absolute Gasteiger partial charge is 0.236 e. The molecule has 0 atom stereocenters. The van der Waals surface area contributed by atoms with Crippen molar-refractivity contribution in [3.05, 3.63) is 35.5 Å². The molecule has 0 saturated heterocycles. The average Bonchev–Trinajstić information content (AvgIpc) is 2.16. The lowest BCUT2D eigenvalue weighted by Crippen LogP contribution is -1.82. The van der Waals surface area contributed by atoms with Crippen molar-refractivity contribution in [1.82, 2.24) is 4.98 Å². The molecule has 66 valence electrons. The first kappa shape index (κ1) is 8.85. The van der Waals surface area contributed by atoms with Crippen molar-refractivity contribution in [2.45, 2.75) is 4.90 Å². The second kappa shape index (κ2) is 3.56. The third-order valence-corrected chi connectivity index (χ3v) is 2.84. The van der Waals surface area contributed by atoms with E-state index in [1.807, 2.05) is 30.5 Å². The fraction of sp³-hybridized carbons (Fsp3) is 0.100. The van der Waals surface area contributed by atoms with Crippen LogP contribution in [0.3, 0.4) is 0 Å². The third kappa shape index (κ3) is 1.64. The molecule has 1 aromatic carbocycles. The van der Waals surface area contributed by atoms with E-state index in [-0.39, 0.29) is 0 Å². The molecule has 0 aliphatic carbocycles. The van der Waals surface area contributed by atoms with Gasteiger partial charge in [-0.2, -0.15) is 0 Å². The molecule has 1 heterocycles. The minimum absolute atomic E-state index is 0.558. The van der Waals surface area contributed by atoms with Crippen molar-refractivity contribution >= 4 is 34.3 Å². The van der Waals surface area contributed by atoms with Gasteiger partial charge < -0.3 is 0 Å². The van der Waals surface area contributed by atoms with Crippen molar-refractivity contribution in [2.24, 2.45) is 0 Å². The lowest BCUT2D eigenvalue weighted by molar-refractivity contribution is 1.35. The third-order valence-electron chi connectivity index (χ3n) is 1.87. The van der Waals surface area contributed by atoms with E-state index in [1.165, 1.54) is 10.3 Å². The summed E-state index contributed by atoms with van der Waals surface area (Å²) in [7, 11) is 0. The van der Waals surface area contributed by atoms with E-state index in [0.29, 0.717) is 5.15 Å². The molecule has 1 aromatic heterocycles. The van der Waals surface area contributed by atoms with Gasteiger partial charge in [0, 0.05) is 10.3 Å². The van der Waals surface area contributed by atoms with Gasteiger partial charge in [0.25, 0.3) is 0 Å². The quantitative estimate of drug-likeness (QED) is 0.526. The normalized spacial score (nSPS) is 10.6. The van der Waals surface area contributed by atoms with Crippen LogP contribution < -0.4 is 0 Å². The van der Waals surface area contributed by atoms with E-state index in [2.05, 4.69) is 11.1 Å². The van der Waals surface area contributed by atoms with Crippen LogP contribution in [0.25, 0.3) is 10.9 Å².